The van der Waals surface area contributed by atoms with E-state index in [0.29, 0.717) is 6.54 Å². The van der Waals surface area contributed by atoms with Crippen LogP contribution in [0.3, 0.4) is 0 Å². The normalized spacial score (nSPS) is 10.6. The molecule has 4 heteroatoms. The highest BCUT2D eigenvalue weighted by atomic mass is 15.3. The van der Waals surface area contributed by atoms with Crippen LogP contribution in [0.25, 0.3) is 0 Å². The molecule has 1 aromatic carbocycles. The lowest BCUT2D eigenvalue weighted by molar-refractivity contribution is 0.696. The minimum atomic E-state index is 0.684. The van der Waals surface area contributed by atoms with E-state index in [0.717, 1.165) is 30.8 Å². The number of benzene rings is 1. The quantitative estimate of drug-likeness (QED) is 0.815. The van der Waals surface area contributed by atoms with Crippen LogP contribution in [0.5, 0.6) is 0 Å². The Morgan fingerprint density at radius 1 is 1.18 bits per heavy atom. The predicted octanol–water partition coefficient (Wildman–Crippen LogP) is 1.40. The average Bonchev–Trinajstić information content (AvgIpc) is 2.70. The molecule has 0 radical (unpaired) electrons. The maximum Gasteiger partial charge on any atom is 0.125 e. The second-order valence-corrected chi connectivity index (χ2v) is 4.09. The van der Waals surface area contributed by atoms with Gasteiger partial charge in [0.15, 0.2) is 0 Å². The van der Waals surface area contributed by atoms with Gasteiger partial charge in [0.05, 0.1) is 12.7 Å². The van der Waals surface area contributed by atoms with E-state index in [-0.39, 0.29) is 0 Å². The average molecular weight is 230 g/mol. The van der Waals surface area contributed by atoms with Crippen LogP contribution in [0, 0.1) is 0 Å². The third-order valence-electron chi connectivity index (χ3n) is 2.79. The SMILES string of the molecule is NCCCc1cnn(Cc2ccccc2)c1N. The number of hydrogen-bond acceptors (Lipinski definition) is 3. The number of aromatic nitrogens is 2. The van der Waals surface area contributed by atoms with E-state index < -0.39 is 0 Å². The molecule has 17 heavy (non-hydrogen) atoms. The smallest absolute Gasteiger partial charge is 0.125 e. The molecule has 1 aromatic heterocycles. The van der Waals surface area contributed by atoms with Crippen molar-refractivity contribution in [1.29, 1.82) is 0 Å². The van der Waals surface area contributed by atoms with Gasteiger partial charge in [-0.3, -0.25) is 0 Å². The van der Waals surface area contributed by atoms with E-state index in [1.54, 1.807) is 0 Å². The highest BCUT2D eigenvalue weighted by Gasteiger charge is 2.06. The Bertz CT molecular complexity index is 462. The topological polar surface area (TPSA) is 69.9 Å². The first-order chi connectivity index (χ1) is 8.31. The van der Waals surface area contributed by atoms with Crippen LogP contribution in [0.15, 0.2) is 36.5 Å². The largest absolute Gasteiger partial charge is 0.384 e. The standard InChI is InChI=1S/C13H18N4/c14-8-4-7-12-9-16-17(13(12)15)10-11-5-2-1-3-6-11/h1-3,5-6,9H,4,7-8,10,14-15H2. The van der Waals surface area contributed by atoms with Gasteiger partial charge in [-0.1, -0.05) is 30.3 Å². The molecule has 4 nitrogen and oxygen atoms in total. The Hall–Kier alpha value is -1.81. The fourth-order valence-electron chi connectivity index (χ4n) is 1.80. The zero-order valence-corrected chi connectivity index (χ0v) is 9.84. The third-order valence-corrected chi connectivity index (χ3v) is 2.79. The second-order valence-electron chi connectivity index (χ2n) is 4.09. The fraction of sp³-hybridized carbons (Fsp3) is 0.308. The molecule has 0 atom stereocenters. The molecule has 0 spiro atoms. The molecule has 0 aliphatic carbocycles. The van der Waals surface area contributed by atoms with Crippen LogP contribution in [0.4, 0.5) is 5.82 Å². The van der Waals surface area contributed by atoms with Gasteiger partial charge in [0.25, 0.3) is 0 Å². The summed E-state index contributed by atoms with van der Waals surface area (Å²) in [6, 6.07) is 10.2. The molecule has 0 amide bonds. The molecule has 0 bridgehead atoms. The summed E-state index contributed by atoms with van der Waals surface area (Å²) in [6.07, 6.45) is 3.69. The molecule has 2 aromatic rings. The van der Waals surface area contributed by atoms with Crippen LogP contribution in [-0.2, 0) is 13.0 Å². The van der Waals surface area contributed by atoms with Gasteiger partial charge >= 0.3 is 0 Å². The van der Waals surface area contributed by atoms with Gasteiger partial charge in [-0.25, -0.2) is 4.68 Å². The molecule has 0 unspecified atom stereocenters. The molecule has 0 aliphatic rings. The van der Waals surface area contributed by atoms with E-state index in [4.69, 9.17) is 11.5 Å². The number of anilines is 1. The summed E-state index contributed by atoms with van der Waals surface area (Å²) in [4.78, 5) is 0. The lowest BCUT2D eigenvalue weighted by Crippen LogP contribution is -2.07. The van der Waals surface area contributed by atoms with Crippen LogP contribution < -0.4 is 11.5 Å². The Balaban J connectivity index is 2.09. The summed E-state index contributed by atoms with van der Waals surface area (Å²) in [5.41, 5.74) is 13.8. The Morgan fingerprint density at radius 3 is 2.65 bits per heavy atom. The first-order valence-corrected chi connectivity index (χ1v) is 5.85. The number of nitrogen functional groups attached to an aromatic ring is 1. The van der Waals surface area contributed by atoms with Crippen molar-refractivity contribution >= 4 is 5.82 Å². The van der Waals surface area contributed by atoms with Crippen molar-refractivity contribution in [3.63, 3.8) is 0 Å². The summed E-state index contributed by atoms with van der Waals surface area (Å²) in [5, 5.41) is 4.31. The highest BCUT2D eigenvalue weighted by Crippen LogP contribution is 2.14. The Labute approximate surface area is 101 Å². The van der Waals surface area contributed by atoms with Crippen LogP contribution in [0.1, 0.15) is 17.5 Å². The van der Waals surface area contributed by atoms with Gasteiger partial charge in [0.1, 0.15) is 5.82 Å². The van der Waals surface area contributed by atoms with Gasteiger partial charge in [0.2, 0.25) is 0 Å². The number of nitrogens with two attached hydrogens (primary N) is 2. The van der Waals surface area contributed by atoms with Crippen molar-refractivity contribution in [3.8, 4) is 0 Å². The molecule has 2 rings (SSSR count). The van der Waals surface area contributed by atoms with Gasteiger partial charge in [0, 0.05) is 5.56 Å². The lowest BCUT2D eigenvalue weighted by Gasteiger charge is -2.05. The van der Waals surface area contributed by atoms with Gasteiger partial charge in [-0.05, 0) is 24.9 Å². The summed E-state index contributed by atoms with van der Waals surface area (Å²) >= 11 is 0. The zero-order valence-electron chi connectivity index (χ0n) is 9.84. The number of aryl methyl sites for hydroxylation is 1. The third kappa shape index (κ3) is 2.85. The number of hydrogen-bond donors (Lipinski definition) is 2. The van der Waals surface area contributed by atoms with Crippen LogP contribution in [0.2, 0.25) is 0 Å². The predicted molar refractivity (Wildman–Crippen MR) is 69.6 cm³/mol. The molecular formula is C13H18N4. The number of nitrogens with zero attached hydrogens (tertiary/aromatic N) is 2. The summed E-state index contributed by atoms with van der Waals surface area (Å²) in [5.74, 6) is 0.752. The van der Waals surface area contributed by atoms with Crippen molar-refractivity contribution < 1.29 is 0 Å². The van der Waals surface area contributed by atoms with E-state index in [1.807, 2.05) is 29.1 Å². The van der Waals surface area contributed by atoms with E-state index in [2.05, 4.69) is 17.2 Å². The molecule has 0 aliphatic heterocycles. The maximum atomic E-state index is 6.05. The van der Waals surface area contributed by atoms with E-state index >= 15 is 0 Å². The summed E-state index contributed by atoms with van der Waals surface area (Å²) in [7, 11) is 0. The maximum absolute atomic E-state index is 6.05. The minimum Gasteiger partial charge on any atom is -0.384 e. The van der Waals surface area contributed by atoms with Crippen molar-refractivity contribution in [1.82, 2.24) is 9.78 Å². The van der Waals surface area contributed by atoms with Crippen LogP contribution in [-0.4, -0.2) is 16.3 Å². The van der Waals surface area contributed by atoms with Crippen molar-refractivity contribution in [2.24, 2.45) is 5.73 Å². The molecule has 0 saturated heterocycles. The van der Waals surface area contributed by atoms with E-state index in [1.165, 1.54) is 5.56 Å². The monoisotopic (exact) mass is 230 g/mol. The van der Waals surface area contributed by atoms with E-state index in [9.17, 15) is 0 Å². The van der Waals surface area contributed by atoms with Crippen molar-refractivity contribution in [3.05, 3.63) is 47.7 Å². The molecule has 90 valence electrons. The molecule has 0 saturated carbocycles. The Morgan fingerprint density at radius 2 is 1.94 bits per heavy atom. The highest BCUT2D eigenvalue weighted by molar-refractivity contribution is 5.39. The summed E-state index contributed by atoms with van der Waals surface area (Å²) < 4.78 is 1.83. The zero-order chi connectivity index (χ0) is 12.1. The van der Waals surface area contributed by atoms with Gasteiger partial charge in [-0.15, -0.1) is 0 Å². The molecule has 4 N–H and O–H groups in total. The fourth-order valence-corrected chi connectivity index (χ4v) is 1.80. The first kappa shape index (κ1) is 11.7. The minimum absolute atomic E-state index is 0.684. The molecule has 1 heterocycles. The second kappa shape index (κ2) is 5.50. The lowest BCUT2D eigenvalue weighted by atomic mass is 10.2. The first-order valence-electron chi connectivity index (χ1n) is 5.85. The Kier molecular flexibility index (Phi) is 3.77. The van der Waals surface area contributed by atoms with Crippen molar-refractivity contribution in [2.75, 3.05) is 12.3 Å². The number of rotatable bonds is 5. The molecule has 0 fully saturated rings. The molecular weight excluding hydrogens is 212 g/mol. The van der Waals surface area contributed by atoms with Crippen molar-refractivity contribution in [2.45, 2.75) is 19.4 Å². The van der Waals surface area contributed by atoms with Gasteiger partial charge < -0.3 is 11.5 Å². The summed E-state index contributed by atoms with van der Waals surface area (Å²) in [6.45, 7) is 1.40. The van der Waals surface area contributed by atoms with Crippen LogP contribution >= 0.6 is 0 Å². The van der Waals surface area contributed by atoms with Gasteiger partial charge in [-0.2, -0.15) is 5.10 Å².